The lowest BCUT2D eigenvalue weighted by Gasteiger charge is -2.03. The summed E-state index contributed by atoms with van der Waals surface area (Å²) in [5, 5.41) is 0. The summed E-state index contributed by atoms with van der Waals surface area (Å²) in [6, 6.07) is 8.01. The molecule has 82 valence electrons. The highest BCUT2D eigenvalue weighted by molar-refractivity contribution is 5.30. The normalized spacial score (nSPS) is 10.4. The molecule has 4 heteroatoms. The molecule has 0 atom stereocenters. The number of nitrogen functional groups attached to an aromatic ring is 1. The van der Waals surface area contributed by atoms with Gasteiger partial charge in [0.25, 0.3) is 0 Å². The van der Waals surface area contributed by atoms with Crippen LogP contribution >= 0.6 is 0 Å². The average molecular weight is 217 g/mol. The molecule has 0 aliphatic rings. The minimum Gasteiger partial charge on any atom is -0.384 e. The van der Waals surface area contributed by atoms with Gasteiger partial charge in [-0.2, -0.15) is 0 Å². The van der Waals surface area contributed by atoms with Crippen molar-refractivity contribution in [2.24, 2.45) is 0 Å². The largest absolute Gasteiger partial charge is 0.384 e. The van der Waals surface area contributed by atoms with E-state index in [-0.39, 0.29) is 5.82 Å². The Bertz CT molecular complexity index is 474. The standard InChI is InChI=1S/C12H12FN3/c1-8-6-11(14)16-12(15-8)7-9-2-4-10(13)5-3-9/h2-6H,7H2,1H3,(H2,14,15,16). The quantitative estimate of drug-likeness (QED) is 0.838. The number of benzene rings is 1. The molecule has 0 saturated heterocycles. The zero-order chi connectivity index (χ0) is 11.5. The maximum Gasteiger partial charge on any atom is 0.135 e. The first-order valence-corrected chi connectivity index (χ1v) is 4.98. The van der Waals surface area contributed by atoms with Crippen molar-refractivity contribution < 1.29 is 4.39 Å². The molecule has 0 saturated carbocycles. The first kappa shape index (κ1) is 10.5. The second-order valence-electron chi connectivity index (χ2n) is 3.65. The number of aryl methyl sites for hydroxylation is 1. The van der Waals surface area contributed by atoms with Crippen molar-refractivity contribution in [3.8, 4) is 0 Å². The second-order valence-corrected chi connectivity index (χ2v) is 3.65. The molecule has 1 aromatic carbocycles. The fraction of sp³-hybridized carbons (Fsp3) is 0.167. The van der Waals surface area contributed by atoms with Crippen LogP contribution in [0.2, 0.25) is 0 Å². The van der Waals surface area contributed by atoms with Gasteiger partial charge in [0, 0.05) is 18.2 Å². The number of nitrogens with two attached hydrogens (primary N) is 1. The molecule has 2 aromatic rings. The Morgan fingerprint density at radius 3 is 2.50 bits per heavy atom. The maximum atomic E-state index is 12.7. The lowest BCUT2D eigenvalue weighted by molar-refractivity contribution is 0.627. The first-order valence-electron chi connectivity index (χ1n) is 4.98. The Morgan fingerprint density at radius 2 is 1.88 bits per heavy atom. The number of rotatable bonds is 2. The summed E-state index contributed by atoms with van der Waals surface area (Å²) < 4.78 is 12.7. The van der Waals surface area contributed by atoms with Crippen LogP contribution in [-0.2, 0) is 6.42 Å². The highest BCUT2D eigenvalue weighted by atomic mass is 19.1. The monoisotopic (exact) mass is 217 g/mol. The molecule has 0 radical (unpaired) electrons. The molecule has 0 unspecified atom stereocenters. The van der Waals surface area contributed by atoms with Gasteiger partial charge in [0.2, 0.25) is 0 Å². The van der Waals surface area contributed by atoms with Gasteiger partial charge in [0.1, 0.15) is 17.5 Å². The minimum atomic E-state index is -0.242. The zero-order valence-corrected chi connectivity index (χ0v) is 8.94. The molecular weight excluding hydrogens is 205 g/mol. The molecule has 0 aliphatic heterocycles. The Morgan fingerprint density at radius 1 is 1.19 bits per heavy atom. The summed E-state index contributed by atoms with van der Waals surface area (Å²) in [4.78, 5) is 8.39. The third-order valence-corrected chi connectivity index (χ3v) is 2.20. The number of anilines is 1. The zero-order valence-electron chi connectivity index (χ0n) is 8.94. The number of nitrogens with zero attached hydrogens (tertiary/aromatic N) is 2. The summed E-state index contributed by atoms with van der Waals surface area (Å²) in [6.07, 6.45) is 0.562. The van der Waals surface area contributed by atoms with E-state index in [1.165, 1.54) is 12.1 Å². The Labute approximate surface area is 93.2 Å². The topological polar surface area (TPSA) is 51.8 Å². The Hall–Kier alpha value is -1.97. The third-order valence-electron chi connectivity index (χ3n) is 2.20. The predicted octanol–water partition coefficient (Wildman–Crippen LogP) is 2.10. The van der Waals surface area contributed by atoms with Crippen LogP contribution in [0.1, 0.15) is 17.1 Å². The van der Waals surface area contributed by atoms with Gasteiger partial charge >= 0.3 is 0 Å². The van der Waals surface area contributed by atoms with E-state index < -0.39 is 0 Å². The van der Waals surface area contributed by atoms with E-state index in [0.717, 1.165) is 11.3 Å². The van der Waals surface area contributed by atoms with Gasteiger partial charge in [-0.15, -0.1) is 0 Å². The van der Waals surface area contributed by atoms with E-state index in [2.05, 4.69) is 9.97 Å². The van der Waals surface area contributed by atoms with Crippen molar-refractivity contribution in [1.82, 2.24) is 9.97 Å². The molecule has 2 N–H and O–H groups in total. The van der Waals surface area contributed by atoms with Gasteiger partial charge in [0.05, 0.1) is 0 Å². The van der Waals surface area contributed by atoms with Crippen LogP contribution < -0.4 is 5.73 Å². The van der Waals surface area contributed by atoms with E-state index in [0.29, 0.717) is 18.1 Å². The Balaban J connectivity index is 2.23. The number of halogens is 1. The fourth-order valence-electron chi connectivity index (χ4n) is 1.52. The van der Waals surface area contributed by atoms with Crippen molar-refractivity contribution in [3.05, 3.63) is 53.2 Å². The van der Waals surface area contributed by atoms with Crippen molar-refractivity contribution in [1.29, 1.82) is 0 Å². The Kier molecular flexibility index (Phi) is 2.81. The molecule has 0 spiro atoms. The van der Waals surface area contributed by atoms with Gasteiger partial charge in [-0.1, -0.05) is 12.1 Å². The van der Waals surface area contributed by atoms with E-state index >= 15 is 0 Å². The average Bonchev–Trinajstić information content (AvgIpc) is 2.20. The molecule has 2 rings (SSSR count). The van der Waals surface area contributed by atoms with Gasteiger partial charge in [-0.05, 0) is 24.6 Å². The SMILES string of the molecule is Cc1cc(N)nc(Cc2ccc(F)cc2)n1. The molecular formula is C12H12FN3. The van der Waals surface area contributed by atoms with Crippen LogP contribution in [0.25, 0.3) is 0 Å². The van der Waals surface area contributed by atoms with Gasteiger partial charge in [0.15, 0.2) is 0 Å². The lowest BCUT2D eigenvalue weighted by atomic mass is 10.1. The smallest absolute Gasteiger partial charge is 0.135 e. The molecule has 0 aliphatic carbocycles. The summed E-state index contributed by atoms with van der Waals surface area (Å²) in [6.45, 7) is 1.87. The predicted molar refractivity (Wildman–Crippen MR) is 60.4 cm³/mol. The van der Waals surface area contributed by atoms with Crippen molar-refractivity contribution in [2.75, 3.05) is 5.73 Å². The van der Waals surface area contributed by atoms with Crippen LogP contribution in [0.3, 0.4) is 0 Å². The van der Waals surface area contributed by atoms with Gasteiger partial charge in [-0.3, -0.25) is 0 Å². The van der Waals surface area contributed by atoms with Crippen LogP contribution in [0.4, 0.5) is 10.2 Å². The summed E-state index contributed by atoms with van der Waals surface area (Å²) >= 11 is 0. The number of hydrogen-bond donors (Lipinski definition) is 1. The van der Waals surface area contributed by atoms with Crippen molar-refractivity contribution >= 4 is 5.82 Å². The molecule has 3 nitrogen and oxygen atoms in total. The van der Waals surface area contributed by atoms with E-state index in [1.54, 1.807) is 18.2 Å². The molecule has 1 aromatic heterocycles. The van der Waals surface area contributed by atoms with Gasteiger partial charge < -0.3 is 5.73 Å². The highest BCUT2D eigenvalue weighted by Gasteiger charge is 2.02. The van der Waals surface area contributed by atoms with Crippen LogP contribution in [0.15, 0.2) is 30.3 Å². The van der Waals surface area contributed by atoms with E-state index in [9.17, 15) is 4.39 Å². The highest BCUT2D eigenvalue weighted by Crippen LogP contribution is 2.09. The summed E-state index contributed by atoms with van der Waals surface area (Å²) in [5.74, 6) is 0.877. The van der Waals surface area contributed by atoms with E-state index in [1.807, 2.05) is 6.92 Å². The first-order chi connectivity index (χ1) is 7.63. The molecule has 16 heavy (non-hydrogen) atoms. The van der Waals surface area contributed by atoms with Crippen molar-refractivity contribution in [2.45, 2.75) is 13.3 Å². The van der Waals surface area contributed by atoms with Gasteiger partial charge in [-0.25, -0.2) is 14.4 Å². The fourth-order valence-corrected chi connectivity index (χ4v) is 1.52. The maximum absolute atomic E-state index is 12.7. The van der Waals surface area contributed by atoms with Crippen LogP contribution in [0.5, 0.6) is 0 Å². The third kappa shape index (κ3) is 2.53. The summed E-state index contributed by atoms with van der Waals surface area (Å²) in [5.41, 5.74) is 7.43. The number of hydrogen-bond acceptors (Lipinski definition) is 3. The van der Waals surface area contributed by atoms with Crippen LogP contribution in [-0.4, -0.2) is 9.97 Å². The van der Waals surface area contributed by atoms with Crippen molar-refractivity contribution in [3.63, 3.8) is 0 Å². The summed E-state index contributed by atoms with van der Waals surface area (Å²) in [7, 11) is 0. The van der Waals surface area contributed by atoms with Crippen LogP contribution in [0, 0.1) is 12.7 Å². The molecule has 0 fully saturated rings. The lowest BCUT2D eigenvalue weighted by Crippen LogP contribution is -2.02. The molecule has 1 heterocycles. The molecule has 0 bridgehead atoms. The number of aromatic nitrogens is 2. The molecule has 0 amide bonds. The van der Waals surface area contributed by atoms with E-state index in [4.69, 9.17) is 5.73 Å². The second kappa shape index (κ2) is 4.26. The minimum absolute atomic E-state index is 0.242.